The molecule has 0 aromatic heterocycles. The van der Waals surface area contributed by atoms with Gasteiger partial charge in [-0.1, -0.05) is 51.1 Å². The maximum Gasteiger partial charge on any atom is 0.258 e. The fraction of sp³-hybridized carbons (Fsp3) is 0.647. The average Bonchev–Trinajstić information content (AvgIpc) is 3.02. The van der Waals surface area contributed by atoms with Crippen LogP contribution in [0.1, 0.15) is 96.2 Å². The topological polar surface area (TPSA) is 108 Å². The van der Waals surface area contributed by atoms with E-state index < -0.39 is 18.0 Å². The summed E-state index contributed by atoms with van der Waals surface area (Å²) < 4.78 is 5.73. The maximum absolute atomic E-state index is 13.9. The van der Waals surface area contributed by atoms with Crippen LogP contribution in [0.4, 0.5) is 0 Å². The molecule has 1 aromatic carbocycles. The number of nitrogens with one attached hydrogen (secondary N) is 2. The molecule has 3 aliphatic rings. The summed E-state index contributed by atoms with van der Waals surface area (Å²) in [6.45, 7) is 8.52. The van der Waals surface area contributed by atoms with E-state index >= 15 is 0 Å². The van der Waals surface area contributed by atoms with E-state index in [-0.39, 0.29) is 53.9 Å². The van der Waals surface area contributed by atoms with Crippen LogP contribution in [0.25, 0.3) is 6.08 Å². The van der Waals surface area contributed by atoms with Crippen molar-refractivity contribution in [1.29, 1.82) is 0 Å². The van der Waals surface area contributed by atoms with E-state index in [0.29, 0.717) is 32.4 Å². The number of hydrazine groups is 1. The van der Waals surface area contributed by atoms with Crippen molar-refractivity contribution in [3.63, 3.8) is 0 Å². The molecule has 236 valence electrons. The molecule has 43 heavy (non-hydrogen) atoms. The number of carbonyl (C=O) groups is 4. The van der Waals surface area contributed by atoms with Gasteiger partial charge in [0.1, 0.15) is 17.9 Å². The molecule has 4 rings (SSSR count). The van der Waals surface area contributed by atoms with Crippen LogP contribution in [0.2, 0.25) is 0 Å². The molecule has 0 aliphatic carbocycles. The average molecular weight is 595 g/mol. The number of ether oxygens (including phenoxy) is 1. The van der Waals surface area contributed by atoms with Crippen molar-refractivity contribution in [2.45, 2.75) is 103 Å². The number of ketones is 1. The van der Waals surface area contributed by atoms with Gasteiger partial charge in [0.2, 0.25) is 11.8 Å². The van der Waals surface area contributed by atoms with E-state index in [1.165, 1.54) is 5.01 Å². The first-order chi connectivity index (χ1) is 20.6. The molecular formula is C34H50N4O5. The van der Waals surface area contributed by atoms with Gasteiger partial charge in [0.05, 0.1) is 12.1 Å². The number of amides is 3. The lowest BCUT2D eigenvalue weighted by Crippen LogP contribution is -2.61. The predicted molar refractivity (Wildman–Crippen MR) is 166 cm³/mol. The van der Waals surface area contributed by atoms with Gasteiger partial charge in [-0.15, -0.1) is 0 Å². The molecule has 2 saturated heterocycles. The monoisotopic (exact) mass is 594 g/mol. The van der Waals surface area contributed by atoms with Gasteiger partial charge in [-0.2, -0.15) is 0 Å². The van der Waals surface area contributed by atoms with Gasteiger partial charge in [0.25, 0.3) is 5.91 Å². The third kappa shape index (κ3) is 8.12. The van der Waals surface area contributed by atoms with Crippen LogP contribution in [-0.2, 0) is 23.9 Å². The van der Waals surface area contributed by atoms with Crippen molar-refractivity contribution >= 4 is 29.6 Å². The first-order valence-electron chi connectivity index (χ1n) is 16.1. The van der Waals surface area contributed by atoms with E-state index in [1.807, 2.05) is 31.7 Å². The van der Waals surface area contributed by atoms with Crippen LogP contribution in [0, 0.1) is 17.8 Å². The van der Waals surface area contributed by atoms with Crippen molar-refractivity contribution in [2.24, 2.45) is 17.8 Å². The van der Waals surface area contributed by atoms with Crippen molar-refractivity contribution in [1.82, 2.24) is 20.7 Å². The van der Waals surface area contributed by atoms with E-state index in [2.05, 4.69) is 41.1 Å². The number of piperidine rings is 1. The highest BCUT2D eigenvalue weighted by molar-refractivity contribution is 5.92. The molecule has 0 saturated carbocycles. The first kappa shape index (κ1) is 32.9. The van der Waals surface area contributed by atoms with Crippen LogP contribution in [0.3, 0.4) is 0 Å². The van der Waals surface area contributed by atoms with E-state index in [9.17, 15) is 19.2 Å². The second-order valence-corrected chi connectivity index (χ2v) is 12.8. The Hall–Kier alpha value is -3.04. The summed E-state index contributed by atoms with van der Waals surface area (Å²) in [5.74, 6) is -1.61. The van der Waals surface area contributed by atoms with Crippen molar-refractivity contribution in [3.05, 3.63) is 41.5 Å². The van der Waals surface area contributed by atoms with Crippen LogP contribution >= 0.6 is 0 Å². The Morgan fingerprint density at radius 1 is 0.953 bits per heavy atom. The Morgan fingerprint density at radius 3 is 2.49 bits per heavy atom. The predicted octanol–water partition coefficient (Wildman–Crippen LogP) is 4.43. The van der Waals surface area contributed by atoms with Gasteiger partial charge in [0, 0.05) is 38.5 Å². The molecular weight excluding hydrogens is 544 g/mol. The summed E-state index contributed by atoms with van der Waals surface area (Å²) in [5.41, 5.74) is 5.38. The molecule has 5 unspecified atom stereocenters. The van der Waals surface area contributed by atoms with Crippen LogP contribution < -0.4 is 10.7 Å². The van der Waals surface area contributed by atoms with Gasteiger partial charge >= 0.3 is 0 Å². The number of methoxy groups -OCH3 is 1. The fourth-order valence-electron chi connectivity index (χ4n) is 6.64. The van der Waals surface area contributed by atoms with Gasteiger partial charge in [-0.05, 0) is 75.0 Å². The molecule has 3 heterocycles. The second kappa shape index (κ2) is 15.1. The third-order valence-electron chi connectivity index (χ3n) is 9.42. The largest absolute Gasteiger partial charge is 0.381 e. The fourth-order valence-corrected chi connectivity index (χ4v) is 6.64. The molecule has 9 nitrogen and oxygen atoms in total. The second-order valence-electron chi connectivity index (χ2n) is 12.8. The highest BCUT2D eigenvalue weighted by Crippen LogP contribution is 2.33. The number of benzene rings is 1. The summed E-state index contributed by atoms with van der Waals surface area (Å²) >= 11 is 0. The summed E-state index contributed by atoms with van der Waals surface area (Å²) in [4.78, 5) is 56.1. The molecule has 3 amide bonds. The number of hydrogen-bond acceptors (Lipinski definition) is 6. The number of nitrogens with zero attached hydrogens (tertiary/aromatic N) is 2. The summed E-state index contributed by atoms with van der Waals surface area (Å²) in [5, 5.41) is 4.36. The lowest BCUT2D eigenvalue weighted by molar-refractivity contribution is -0.147. The van der Waals surface area contributed by atoms with Crippen molar-refractivity contribution in [3.8, 4) is 0 Å². The number of fused-ring (bicyclic) bond motifs is 6. The van der Waals surface area contributed by atoms with Crippen LogP contribution in [0.15, 0.2) is 30.3 Å². The van der Waals surface area contributed by atoms with Gasteiger partial charge in [-0.25, -0.2) is 5.43 Å². The minimum absolute atomic E-state index is 0.0140. The lowest BCUT2D eigenvalue weighted by atomic mass is 9.84. The molecule has 2 N–H and O–H groups in total. The maximum atomic E-state index is 13.9. The molecule has 0 radical (unpaired) electrons. The number of rotatable bonds is 2. The summed E-state index contributed by atoms with van der Waals surface area (Å²) in [6.07, 6.45) is 9.70. The quantitative estimate of drug-likeness (QED) is 0.525. The van der Waals surface area contributed by atoms with E-state index in [1.54, 1.807) is 14.0 Å². The minimum atomic E-state index is -0.801. The molecule has 4 bridgehead atoms. The molecule has 0 spiro atoms. The van der Waals surface area contributed by atoms with Gasteiger partial charge < -0.3 is 15.0 Å². The van der Waals surface area contributed by atoms with Crippen molar-refractivity contribution in [2.75, 3.05) is 20.2 Å². The van der Waals surface area contributed by atoms with Crippen molar-refractivity contribution < 1.29 is 23.9 Å². The molecule has 6 atom stereocenters. The first-order valence-corrected chi connectivity index (χ1v) is 16.1. The zero-order valence-corrected chi connectivity index (χ0v) is 26.5. The highest BCUT2D eigenvalue weighted by Gasteiger charge is 2.37. The van der Waals surface area contributed by atoms with Crippen LogP contribution in [0.5, 0.6) is 0 Å². The SMILES string of the molecule is COC1CC/C=C/c2cccc(c2)[C@H]2CCCCN2C(=O)C2CCCN(N2)C(=O)C(C)NC(=O)C(C(C)C)CC(=O)C1C. The standard InChI is InChI=1S/C34H50N4O5/c1-22(2)27-21-30(39)23(3)31(43-5)17-7-6-12-25-13-10-14-26(20-25)29-16-8-9-18-37(29)34(42)28-15-11-19-38(36-28)33(41)24(4)35-32(27)40/h6,10,12-14,20,22-24,27-29,31,36H,7-9,11,15-19,21H2,1-5H3,(H,35,40)/b12-6+/t23?,24?,27?,28?,29-,31?/m1/s1. The number of allylic oxidation sites excluding steroid dienone is 1. The molecule has 1 aromatic rings. The van der Waals surface area contributed by atoms with Crippen LogP contribution in [-0.4, -0.2) is 71.8 Å². The molecule has 3 aliphatic heterocycles. The Kier molecular flexibility index (Phi) is 11.5. The highest BCUT2D eigenvalue weighted by atomic mass is 16.5. The summed E-state index contributed by atoms with van der Waals surface area (Å²) in [7, 11) is 1.63. The van der Waals surface area contributed by atoms with Gasteiger partial charge in [-0.3, -0.25) is 24.2 Å². The molecule has 2 fully saturated rings. The van der Waals surface area contributed by atoms with E-state index in [0.717, 1.165) is 36.8 Å². The van der Waals surface area contributed by atoms with E-state index in [4.69, 9.17) is 4.74 Å². The third-order valence-corrected chi connectivity index (χ3v) is 9.42. The lowest BCUT2D eigenvalue weighted by Gasteiger charge is -2.41. The minimum Gasteiger partial charge on any atom is -0.381 e. The Labute approximate surface area is 256 Å². The molecule has 9 heteroatoms. The smallest absolute Gasteiger partial charge is 0.258 e. The Bertz CT molecular complexity index is 1180. The zero-order valence-electron chi connectivity index (χ0n) is 26.5. The summed E-state index contributed by atoms with van der Waals surface area (Å²) in [6, 6.07) is 7.05. The number of carbonyl (C=O) groups excluding carboxylic acids is 4. The van der Waals surface area contributed by atoms with Gasteiger partial charge in [0.15, 0.2) is 0 Å². The normalized spacial score (nSPS) is 31.1. The number of hydrogen-bond donors (Lipinski definition) is 2. The Balaban J connectivity index is 1.63. The Morgan fingerprint density at radius 2 is 1.74 bits per heavy atom. The number of Topliss-reactive ketones (excluding diaryl/α,β-unsaturated/α-hetero) is 1. The zero-order chi connectivity index (χ0) is 31.1.